The van der Waals surface area contributed by atoms with E-state index in [1.54, 1.807) is 6.07 Å². The van der Waals surface area contributed by atoms with Crippen molar-refractivity contribution in [2.75, 3.05) is 6.61 Å². The zero-order valence-electron chi connectivity index (χ0n) is 20.2. The van der Waals surface area contributed by atoms with Gasteiger partial charge in [0, 0.05) is 23.2 Å². The van der Waals surface area contributed by atoms with Crippen LogP contribution in [-0.2, 0) is 11.3 Å². The quantitative estimate of drug-likeness (QED) is 0.224. The van der Waals surface area contributed by atoms with E-state index in [1.807, 2.05) is 78.9 Å². The standard InChI is InChI=1S/C32H26N2O3/c1-2-20-34-31(24-14-7-4-8-15-24)30(23-12-5-3-6-13-23)33-32(34)28-19-10-9-18-27(28)25-16-11-17-26(21-25)37-22-29(35)36/h2-19,21H,1,20,22H2,(H,35,36). The molecule has 0 atom stereocenters. The molecule has 1 N–H and O–H groups in total. The van der Waals surface area contributed by atoms with Crippen LogP contribution < -0.4 is 4.74 Å². The molecule has 0 fully saturated rings. The van der Waals surface area contributed by atoms with Crippen molar-refractivity contribution in [3.63, 3.8) is 0 Å². The van der Waals surface area contributed by atoms with E-state index in [2.05, 4.69) is 41.5 Å². The van der Waals surface area contributed by atoms with Crippen molar-refractivity contribution in [3.8, 4) is 50.8 Å². The van der Waals surface area contributed by atoms with Gasteiger partial charge in [0.05, 0.1) is 11.4 Å². The molecule has 1 heterocycles. The van der Waals surface area contributed by atoms with Crippen molar-refractivity contribution < 1.29 is 14.6 Å². The molecule has 0 bridgehead atoms. The number of carboxylic acid groups (broad SMARTS) is 1. The number of imidazole rings is 1. The van der Waals surface area contributed by atoms with Crippen LogP contribution in [0.4, 0.5) is 0 Å². The van der Waals surface area contributed by atoms with Crippen LogP contribution in [-0.4, -0.2) is 27.2 Å². The van der Waals surface area contributed by atoms with Gasteiger partial charge in [0.15, 0.2) is 6.61 Å². The van der Waals surface area contributed by atoms with E-state index in [-0.39, 0.29) is 0 Å². The van der Waals surface area contributed by atoms with Crippen LogP contribution in [0.5, 0.6) is 5.75 Å². The van der Waals surface area contributed by atoms with E-state index >= 15 is 0 Å². The predicted molar refractivity (Wildman–Crippen MR) is 147 cm³/mol. The van der Waals surface area contributed by atoms with E-state index in [9.17, 15) is 4.79 Å². The fourth-order valence-electron chi connectivity index (χ4n) is 4.48. The molecule has 0 amide bonds. The van der Waals surface area contributed by atoms with Gasteiger partial charge in [0.2, 0.25) is 0 Å². The van der Waals surface area contributed by atoms with Gasteiger partial charge in [0.1, 0.15) is 11.6 Å². The largest absolute Gasteiger partial charge is 0.482 e. The highest BCUT2D eigenvalue weighted by Gasteiger charge is 2.22. The molecule has 0 unspecified atom stereocenters. The van der Waals surface area contributed by atoms with E-state index in [0.29, 0.717) is 12.3 Å². The minimum Gasteiger partial charge on any atom is -0.482 e. The lowest BCUT2D eigenvalue weighted by atomic mass is 9.99. The molecule has 0 aliphatic heterocycles. The Bertz CT molecular complexity index is 1540. The van der Waals surface area contributed by atoms with Crippen LogP contribution >= 0.6 is 0 Å². The molecule has 0 aliphatic carbocycles. The molecule has 0 aliphatic rings. The summed E-state index contributed by atoms with van der Waals surface area (Å²) in [5, 5.41) is 9.01. The van der Waals surface area contributed by atoms with Gasteiger partial charge in [-0.2, -0.15) is 0 Å². The Kier molecular flexibility index (Phi) is 6.95. The Hall–Kier alpha value is -4.90. The number of benzene rings is 4. The van der Waals surface area contributed by atoms with Crippen LogP contribution in [0.3, 0.4) is 0 Å². The lowest BCUT2D eigenvalue weighted by Gasteiger charge is -2.14. The van der Waals surface area contributed by atoms with Gasteiger partial charge in [-0.25, -0.2) is 9.78 Å². The minimum atomic E-state index is -1.01. The third-order valence-corrected chi connectivity index (χ3v) is 6.05. The average molecular weight is 487 g/mol. The third-order valence-electron chi connectivity index (χ3n) is 6.05. The Labute approximate surface area is 216 Å². The van der Waals surface area contributed by atoms with Crippen LogP contribution in [0.25, 0.3) is 45.0 Å². The highest BCUT2D eigenvalue weighted by atomic mass is 16.5. The molecule has 0 radical (unpaired) electrons. The summed E-state index contributed by atoms with van der Waals surface area (Å²) in [6.45, 7) is 4.21. The van der Waals surface area contributed by atoms with Crippen molar-refractivity contribution in [1.29, 1.82) is 0 Å². The zero-order valence-corrected chi connectivity index (χ0v) is 20.2. The lowest BCUT2D eigenvalue weighted by molar-refractivity contribution is -0.139. The highest BCUT2D eigenvalue weighted by molar-refractivity contribution is 5.87. The third kappa shape index (κ3) is 5.07. The number of carboxylic acids is 1. The highest BCUT2D eigenvalue weighted by Crippen LogP contribution is 2.39. The van der Waals surface area contributed by atoms with Crippen molar-refractivity contribution in [3.05, 3.63) is 122 Å². The number of nitrogens with zero attached hydrogens (tertiary/aromatic N) is 2. The van der Waals surface area contributed by atoms with E-state index in [1.165, 1.54) is 0 Å². The molecule has 1 aromatic heterocycles. The number of aromatic nitrogens is 2. The molecule has 5 heteroatoms. The summed E-state index contributed by atoms with van der Waals surface area (Å²) in [7, 11) is 0. The number of aliphatic carboxylic acids is 1. The second-order valence-electron chi connectivity index (χ2n) is 8.52. The normalized spacial score (nSPS) is 10.7. The molecular weight excluding hydrogens is 460 g/mol. The summed E-state index contributed by atoms with van der Waals surface area (Å²) in [5.41, 5.74) is 6.87. The van der Waals surface area contributed by atoms with Crippen molar-refractivity contribution >= 4 is 5.97 Å². The number of hydrogen-bond donors (Lipinski definition) is 1. The number of rotatable bonds is 9. The van der Waals surface area contributed by atoms with Gasteiger partial charge >= 0.3 is 5.97 Å². The Morgan fingerprint density at radius 1 is 0.811 bits per heavy atom. The van der Waals surface area contributed by atoms with Gasteiger partial charge in [-0.05, 0) is 23.3 Å². The Balaban J connectivity index is 1.72. The Morgan fingerprint density at radius 3 is 2.11 bits per heavy atom. The number of ether oxygens (including phenoxy) is 1. The average Bonchev–Trinajstić information content (AvgIpc) is 3.32. The Morgan fingerprint density at radius 2 is 1.43 bits per heavy atom. The SMILES string of the molecule is C=CCn1c(-c2ccccc2-c2cccc(OCC(=O)O)c2)nc(-c2ccccc2)c1-c1ccccc1. The maximum atomic E-state index is 11.0. The molecule has 0 saturated heterocycles. The summed E-state index contributed by atoms with van der Waals surface area (Å²) < 4.78 is 7.65. The maximum Gasteiger partial charge on any atom is 0.341 e. The van der Waals surface area contributed by atoms with Gasteiger partial charge < -0.3 is 14.4 Å². The molecular formula is C32H26N2O3. The second kappa shape index (κ2) is 10.8. The van der Waals surface area contributed by atoms with Crippen molar-refractivity contribution in [1.82, 2.24) is 9.55 Å². The fourth-order valence-corrected chi connectivity index (χ4v) is 4.48. The fraction of sp³-hybridized carbons (Fsp3) is 0.0625. The first-order valence-electron chi connectivity index (χ1n) is 12.0. The summed E-state index contributed by atoms with van der Waals surface area (Å²) in [6.07, 6.45) is 1.88. The first kappa shape index (κ1) is 23.8. The zero-order chi connectivity index (χ0) is 25.6. The summed E-state index contributed by atoms with van der Waals surface area (Å²) >= 11 is 0. The number of carbonyl (C=O) groups is 1. The van der Waals surface area contributed by atoms with Crippen LogP contribution in [0, 0.1) is 0 Å². The van der Waals surface area contributed by atoms with Crippen LogP contribution in [0.15, 0.2) is 122 Å². The monoisotopic (exact) mass is 486 g/mol. The molecule has 37 heavy (non-hydrogen) atoms. The number of hydrogen-bond acceptors (Lipinski definition) is 3. The molecule has 5 rings (SSSR count). The van der Waals surface area contributed by atoms with Crippen molar-refractivity contribution in [2.24, 2.45) is 0 Å². The molecule has 5 nitrogen and oxygen atoms in total. The molecule has 5 aromatic rings. The first-order valence-corrected chi connectivity index (χ1v) is 12.0. The van der Waals surface area contributed by atoms with E-state index < -0.39 is 12.6 Å². The van der Waals surface area contributed by atoms with Gasteiger partial charge in [-0.15, -0.1) is 6.58 Å². The molecule has 0 spiro atoms. The number of allylic oxidation sites excluding steroid dienone is 1. The first-order chi connectivity index (χ1) is 18.2. The van der Waals surface area contributed by atoms with E-state index in [4.69, 9.17) is 14.8 Å². The maximum absolute atomic E-state index is 11.0. The van der Waals surface area contributed by atoms with Gasteiger partial charge in [0.25, 0.3) is 0 Å². The minimum absolute atomic E-state index is 0.393. The van der Waals surface area contributed by atoms with Crippen LogP contribution in [0.1, 0.15) is 0 Å². The van der Waals surface area contributed by atoms with E-state index in [0.717, 1.165) is 45.0 Å². The topological polar surface area (TPSA) is 64.3 Å². The van der Waals surface area contributed by atoms with Crippen molar-refractivity contribution in [2.45, 2.75) is 6.54 Å². The van der Waals surface area contributed by atoms with Crippen LogP contribution in [0.2, 0.25) is 0 Å². The molecule has 182 valence electrons. The molecule has 0 saturated carbocycles. The molecule has 4 aromatic carbocycles. The van der Waals surface area contributed by atoms with Gasteiger partial charge in [-0.1, -0.05) is 103 Å². The lowest BCUT2D eigenvalue weighted by Crippen LogP contribution is -2.09. The predicted octanol–water partition coefficient (Wildman–Crippen LogP) is 7.20. The van der Waals surface area contributed by atoms with Gasteiger partial charge in [-0.3, -0.25) is 0 Å². The second-order valence-corrected chi connectivity index (χ2v) is 8.52. The summed E-state index contributed by atoms with van der Waals surface area (Å²) in [6, 6.07) is 36.0. The smallest absolute Gasteiger partial charge is 0.341 e. The summed E-state index contributed by atoms with van der Waals surface area (Å²) in [5.74, 6) is 0.309. The summed E-state index contributed by atoms with van der Waals surface area (Å²) in [4.78, 5) is 16.2.